The van der Waals surface area contributed by atoms with E-state index in [0.717, 1.165) is 34.5 Å². The molecule has 0 atom stereocenters. The van der Waals surface area contributed by atoms with E-state index in [4.69, 9.17) is 4.74 Å². The molecule has 2 nitrogen and oxygen atoms in total. The van der Waals surface area contributed by atoms with E-state index in [1.54, 1.807) is 0 Å². The summed E-state index contributed by atoms with van der Waals surface area (Å²) in [6, 6.07) is 9.99. The molecule has 0 unspecified atom stereocenters. The van der Waals surface area contributed by atoms with Crippen LogP contribution in [-0.2, 0) is 12.8 Å². The van der Waals surface area contributed by atoms with Gasteiger partial charge in [-0.05, 0) is 48.7 Å². The molecule has 2 heterocycles. The lowest BCUT2D eigenvalue weighted by molar-refractivity contribution is 0.476. The quantitative estimate of drug-likeness (QED) is 0.731. The third-order valence-corrected chi connectivity index (χ3v) is 3.22. The lowest BCUT2D eigenvalue weighted by Gasteiger charge is -2.07. The number of pyridine rings is 1. The molecular formula is C13H10BrNO. The second-order valence-electron chi connectivity index (χ2n) is 3.80. The molecule has 1 aromatic carbocycles. The summed E-state index contributed by atoms with van der Waals surface area (Å²) < 4.78 is 6.97. The van der Waals surface area contributed by atoms with Crippen LogP contribution in [0.25, 0.3) is 0 Å². The van der Waals surface area contributed by atoms with E-state index in [9.17, 15) is 0 Å². The van der Waals surface area contributed by atoms with Crippen molar-refractivity contribution >= 4 is 15.9 Å². The first-order chi connectivity index (χ1) is 7.83. The molecule has 0 radical (unpaired) electrons. The molecule has 3 rings (SSSR count). The fourth-order valence-corrected chi connectivity index (χ4v) is 2.33. The molecule has 1 aromatic heterocycles. The molecule has 16 heavy (non-hydrogen) atoms. The molecule has 0 saturated carbocycles. The highest BCUT2D eigenvalue weighted by Gasteiger charge is 2.14. The highest BCUT2D eigenvalue weighted by atomic mass is 79.9. The first-order valence-corrected chi connectivity index (χ1v) is 6.02. The maximum atomic E-state index is 5.87. The van der Waals surface area contributed by atoms with Gasteiger partial charge in [0.2, 0.25) is 0 Å². The molecule has 0 spiro atoms. The van der Waals surface area contributed by atoms with Crippen LogP contribution < -0.4 is 4.74 Å². The van der Waals surface area contributed by atoms with E-state index in [1.807, 2.05) is 30.5 Å². The van der Waals surface area contributed by atoms with Crippen LogP contribution in [0.15, 0.2) is 41.0 Å². The largest absolute Gasteiger partial charge is 0.455 e. The van der Waals surface area contributed by atoms with Gasteiger partial charge in [-0.1, -0.05) is 15.9 Å². The summed E-state index contributed by atoms with van der Waals surface area (Å²) in [4.78, 5) is 4.35. The first-order valence-electron chi connectivity index (χ1n) is 5.23. The minimum atomic E-state index is 0.878. The zero-order chi connectivity index (χ0) is 11.0. The van der Waals surface area contributed by atoms with E-state index in [1.165, 1.54) is 5.56 Å². The zero-order valence-electron chi connectivity index (χ0n) is 8.61. The SMILES string of the molecule is Brc1ccc2c(c1)CCc1ncccc1O2. The average Bonchev–Trinajstić information content (AvgIpc) is 2.48. The molecule has 3 heteroatoms. The van der Waals surface area contributed by atoms with Crippen molar-refractivity contribution in [3.63, 3.8) is 0 Å². The van der Waals surface area contributed by atoms with Gasteiger partial charge < -0.3 is 4.74 Å². The van der Waals surface area contributed by atoms with Crippen LogP contribution in [0.1, 0.15) is 11.3 Å². The number of halogens is 1. The van der Waals surface area contributed by atoms with Gasteiger partial charge in [-0.2, -0.15) is 0 Å². The lowest BCUT2D eigenvalue weighted by Crippen LogP contribution is -1.91. The monoisotopic (exact) mass is 275 g/mol. The van der Waals surface area contributed by atoms with Crippen LogP contribution in [0.5, 0.6) is 11.5 Å². The molecule has 0 fully saturated rings. The number of fused-ring (bicyclic) bond motifs is 2. The van der Waals surface area contributed by atoms with Gasteiger partial charge >= 0.3 is 0 Å². The third-order valence-electron chi connectivity index (χ3n) is 2.72. The van der Waals surface area contributed by atoms with E-state index in [-0.39, 0.29) is 0 Å². The standard InChI is InChI=1S/C13H10BrNO/c14-10-4-6-12-9(8-10)3-5-11-13(16-12)2-1-7-15-11/h1-2,4,6-8H,3,5H2. The fraction of sp³-hybridized carbons (Fsp3) is 0.154. The Morgan fingerprint density at radius 3 is 3.00 bits per heavy atom. The first kappa shape index (κ1) is 9.85. The highest BCUT2D eigenvalue weighted by Crippen LogP contribution is 2.33. The Kier molecular flexibility index (Phi) is 2.40. The molecule has 0 N–H and O–H groups in total. The number of ether oxygens (including phenoxy) is 1. The molecule has 0 saturated heterocycles. The van der Waals surface area contributed by atoms with Gasteiger partial charge in [0, 0.05) is 10.7 Å². The van der Waals surface area contributed by atoms with Crippen LogP contribution in [0.2, 0.25) is 0 Å². The Bertz CT molecular complexity index is 539. The van der Waals surface area contributed by atoms with Crippen molar-refractivity contribution in [1.29, 1.82) is 0 Å². The lowest BCUT2D eigenvalue weighted by atomic mass is 10.1. The average molecular weight is 276 g/mol. The summed E-state index contributed by atoms with van der Waals surface area (Å²) in [6.45, 7) is 0. The van der Waals surface area contributed by atoms with Crippen LogP contribution in [0.4, 0.5) is 0 Å². The van der Waals surface area contributed by atoms with Gasteiger partial charge in [0.25, 0.3) is 0 Å². The molecular weight excluding hydrogens is 266 g/mol. The fourth-order valence-electron chi connectivity index (χ4n) is 1.92. The Balaban J connectivity index is 2.08. The summed E-state index contributed by atoms with van der Waals surface area (Å²) >= 11 is 3.48. The van der Waals surface area contributed by atoms with Gasteiger partial charge in [0.05, 0.1) is 5.69 Å². The van der Waals surface area contributed by atoms with Gasteiger partial charge in [-0.15, -0.1) is 0 Å². The van der Waals surface area contributed by atoms with Crippen LogP contribution in [0, 0.1) is 0 Å². The zero-order valence-corrected chi connectivity index (χ0v) is 10.2. The second-order valence-corrected chi connectivity index (χ2v) is 4.72. The summed E-state index contributed by atoms with van der Waals surface area (Å²) in [5, 5.41) is 0. The van der Waals surface area contributed by atoms with Crippen molar-refractivity contribution in [2.24, 2.45) is 0 Å². The summed E-state index contributed by atoms with van der Waals surface area (Å²) in [7, 11) is 0. The predicted octanol–water partition coefficient (Wildman–Crippen LogP) is 3.74. The summed E-state index contributed by atoms with van der Waals surface area (Å²) in [5.41, 5.74) is 2.27. The summed E-state index contributed by atoms with van der Waals surface area (Å²) in [5.74, 6) is 1.82. The minimum Gasteiger partial charge on any atom is -0.455 e. The Morgan fingerprint density at radius 2 is 2.06 bits per heavy atom. The minimum absolute atomic E-state index is 0.878. The number of hydrogen-bond acceptors (Lipinski definition) is 2. The normalized spacial score (nSPS) is 13.3. The molecule has 80 valence electrons. The molecule has 0 amide bonds. The van der Waals surface area contributed by atoms with E-state index in [0.29, 0.717) is 0 Å². The van der Waals surface area contributed by atoms with E-state index in [2.05, 4.69) is 27.0 Å². The molecule has 2 aromatic rings. The smallest absolute Gasteiger partial charge is 0.148 e. The molecule has 0 bridgehead atoms. The maximum Gasteiger partial charge on any atom is 0.148 e. The number of benzene rings is 1. The van der Waals surface area contributed by atoms with Crippen molar-refractivity contribution in [1.82, 2.24) is 4.98 Å². The Labute approximate surface area is 102 Å². The summed E-state index contributed by atoms with van der Waals surface area (Å²) in [6.07, 6.45) is 3.71. The molecule has 1 aliphatic rings. The van der Waals surface area contributed by atoms with Crippen LogP contribution >= 0.6 is 15.9 Å². The topological polar surface area (TPSA) is 22.1 Å². The van der Waals surface area contributed by atoms with E-state index < -0.39 is 0 Å². The number of nitrogens with zero attached hydrogens (tertiary/aromatic N) is 1. The van der Waals surface area contributed by atoms with Gasteiger partial charge in [0.1, 0.15) is 11.5 Å². The van der Waals surface area contributed by atoms with Gasteiger partial charge in [-0.3, -0.25) is 4.98 Å². The van der Waals surface area contributed by atoms with Crippen molar-refractivity contribution < 1.29 is 4.74 Å². The third kappa shape index (κ3) is 1.71. The van der Waals surface area contributed by atoms with Crippen LogP contribution in [-0.4, -0.2) is 4.98 Å². The highest BCUT2D eigenvalue weighted by molar-refractivity contribution is 9.10. The number of hydrogen-bond donors (Lipinski definition) is 0. The second kappa shape index (κ2) is 3.91. The van der Waals surface area contributed by atoms with Crippen molar-refractivity contribution in [2.45, 2.75) is 12.8 Å². The van der Waals surface area contributed by atoms with Crippen molar-refractivity contribution in [3.05, 3.63) is 52.3 Å². The van der Waals surface area contributed by atoms with Gasteiger partial charge in [-0.25, -0.2) is 0 Å². The Morgan fingerprint density at radius 1 is 1.12 bits per heavy atom. The number of rotatable bonds is 0. The van der Waals surface area contributed by atoms with Crippen LogP contribution in [0.3, 0.4) is 0 Å². The number of aryl methyl sites for hydroxylation is 2. The predicted molar refractivity (Wildman–Crippen MR) is 65.9 cm³/mol. The van der Waals surface area contributed by atoms with Crippen molar-refractivity contribution in [3.8, 4) is 11.5 Å². The Hall–Kier alpha value is -1.35. The molecule has 0 aliphatic carbocycles. The van der Waals surface area contributed by atoms with Gasteiger partial charge in [0.15, 0.2) is 0 Å². The van der Waals surface area contributed by atoms with Crippen molar-refractivity contribution in [2.75, 3.05) is 0 Å². The maximum absolute atomic E-state index is 5.87. The number of aromatic nitrogens is 1. The van der Waals surface area contributed by atoms with E-state index >= 15 is 0 Å². The molecule has 1 aliphatic heterocycles.